The van der Waals surface area contributed by atoms with Gasteiger partial charge in [0.25, 0.3) is 5.91 Å². The third-order valence-electron chi connectivity index (χ3n) is 6.66. The van der Waals surface area contributed by atoms with Gasteiger partial charge >= 0.3 is 0 Å². The van der Waals surface area contributed by atoms with E-state index in [1.54, 1.807) is 36.5 Å². The molecule has 0 saturated carbocycles. The van der Waals surface area contributed by atoms with Crippen LogP contribution in [0, 0.1) is 0 Å². The number of para-hydroxylation sites is 1. The van der Waals surface area contributed by atoms with E-state index >= 15 is 0 Å². The minimum absolute atomic E-state index is 0.0389. The Bertz CT molecular complexity index is 1500. The van der Waals surface area contributed by atoms with Crippen LogP contribution in [0.15, 0.2) is 60.9 Å². The number of carbonyl (C=O) groups is 2. The molecule has 1 N–H and O–H groups in total. The van der Waals surface area contributed by atoms with Gasteiger partial charge in [0, 0.05) is 37.8 Å². The van der Waals surface area contributed by atoms with Crippen molar-refractivity contribution in [1.29, 1.82) is 0 Å². The first-order valence-corrected chi connectivity index (χ1v) is 12.2. The first-order valence-electron chi connectivity index (χ1n) is 12.2. The van der Waals surface area contributed by atoms with E-state index in [0.29, 0.717) is 47.3 Å². The fourth-order valence-corrected chi connectivity index (χ4v) is 4.52. The van der Waals surface area contributed by atoms with Gasteiger partial charge in [-0.2, -0.15) is 0 Å². The second kappa shape index (κ2) is 9.28. The van der Waals surface area contributed by atoms with Crippen molar-refractivity contribution in [2.75, 3.05) is 23.9 Å². The highest BCUT2D eigenvalue weighted by Crippen LogP contribution is 2.42. The number of methoxy groups -OCH3 is 1. The van der Waals surface area contributed by atoms with Gasteiger partial charge in [0.1, 0.15) is 11.4 Å². The predicted octanol–water partition coefficient (Wildman–Crippen LogP) is 5.66. The number of hydrogen-bond donors (Lipinski definition) is 1. The largest absolute Gasteiger partial charge is 0.492 e. The lowest BCUT2D eigenvalue weighted by Gasteiger charge is -2.34. The lowest BCUT2D eigenvalue weighted by molar-refractivity contribution is -0.122. The van der Waals surface area contributed by atoms with Gasteiger partial charge < -0.3 is 24.3 Å². The summed E-state index contributed by atoms with van der Waals surface area (Å²) in [5.41, 5.74) is 3.24. The summed E-state index contributed by atoms with van der Waals surface area (Å²) in [6, 6.07) is 15.0. The second-order valence-corrected chi connectivity index (χ2v) is 10.1. The number of β-lactam (4-membered cyclic amide) rings is 1. The summed E-state index contributed by atoms with van der Waals surface area (Å²) < 4.78 is 13.6. The number of nitrogens with zero attached hydrogens (tertiary/aromatic N) is 3. The quantitative estimate of drug-likeness (QED) is 0.347. The highest BCUT2D eigenvalue weighted by Gasteiger charge is 2.31. The number of amides is 2. The third kappa shape index (κ3) is 4.50. The average molecular weight is 499 g/mol. The van der Waals surface area contributed by atoms with E-state index in [1.165, 1.54) is 0 Å². The summed E-state index contributed by atoms with van der Waals surface area (Å²) in [5.74, 6) is 1.51. The first kappa shape index (κ1) is 24.4. The van der Waals surface area contributed by atoms with Gasteiger partial charge in [-0.15, -0.1) is 0 Å². The minimum atomic E-state index is -0.293. The molecular weight excluding hydrogens is 468 g/mol. The molecule has 2 aromatic carbocycles. The van der Waals surface area contributed by atoms with E-state index < -0.39 is 0 Å². The average Bonchev–Trinajstić information content (AvgIpc) is 3.20. The molecule has 0 unspecified atom stereocenters. The van der Waals surface area contributed by atoms with Gasteiger partial charge in [0.15, 0.2) is 11.5 Å². The van der Waals surface area contributed by atoms with E-state index in [1.807, 2.05) is 48.0 Å². The molecule has 0 aliphatic carbocycles. The van der Waals surface area contributed by atoms with Crippen LogP contribution in [0.1, 0.15) is 43.2 Å². The fourth-order valence-electron chi connectivity index (χ4n) is 4.52. The van der Waals surface area contributed by atoms with Crippen molar-refractivity contribution < 1.29 is 19.1 Å². The van der Waals surface area contributed by atoms with Crippen LogP contribution in [0.3, 0.4) is 0 Å². The Kier molecular flexibility index (Phi) is 6.11. The Morgan fingerprint density at radius 2 is 1.84 bits per heavy atom. The van der Waals surface area contributed by atoms with Crippen LogP contribution in [-0.4, -0.2) is 35.0 Å². The molecule has 0 atom stereocenters. The van der Waals surface area contributed by atoms with Crippen molar-refractivity contribution in [2.24, 2.45) is 7.05 Å². The Morgan fingerprint density at radius 1 is 1.08 bits per heavy atom. The van der Waals surface area contributed by atoms with Crippen LogP contribution < -0.4 is 19.7 Å². The van der Waals surface area contributed by atoms with Crippen LogP contribution >= 0.6 is 0 Å². The summed E-state index contributed by atoms with van der Waals surface area (Å²) in [6.45, 7) is 6.91. The molecule has 5 rings (SSSR count). The van der Waals surface area contributed by atoms with Gasteiger partial charge in [0.2, 0.25) is 5.91 Å². The molecule has 8 heteroatoms. The summed E-state index contributed by atoms with van der Waals surface area (Å²) in [4.78, 5) is 31.6. The van der Waals surface area contributed by atoms with Gasteiger partial charge in [-0.25, -0.2) is 0 Å². The number of fused-ring (bicyclic) bond motifs is 1. The van der Waals surface area contributed by atoms with Crippen LogP contribution in [0.4, 0.5) is 11.4 Å². The van der Waals surface area contributed by atoms with E-state index in [4.69, 9.17) is 9.47 Å². The number of nitrogens with one attached hydrogen (secondary N) is 1. The van der Waals surface area contributed by atoms with E-state index in [9.17, 15) is 9.59 Å². The molecule has 4 aromatic rings. The van der Waals surface area contributed by atoms with Gasteiger partial charge in [0.05, 0.1) is 24.0 Å². The number of aryl methyl sites for hydroxylation is 1. The molecule has 0 spiro atoms. The molecule has 1 aliphatic rings. The Balaban J connectivity index is 1.54. The van der Waals surface area contributed by atoms with E-state index in [-0.39, 0.29) is 17.2 Å². The maximum absolute atomic E-state index is 13.6. The fraction of sp³-hybridized carbons (Fsp3) is 0.276. The maximum Gasteiger partial charge on any atom is 0.272 e. The normalized spacial score (nSPS) is 13.4. The Morgan fingerprint density at radius 3 is 2.46 bits per heavy atom. The molecule has 2 amide bonds. The van der Waals surface area contributed by atoms with Crippen LogP contribution in [0.5, 0.6) is 17.2 Å². The van der Waals surface area contributed by atoms with Crippen molar-refractivity contribution >= 4 is 34.1 Å². The number of anilines is 2. The summed E-state index contributed by atoms with van der Waals surface area (Å²) >= 11 is 0. The zero-order chi connectivity index (χ0) is 26.3. The van der Waals surface area contributed by atoms with Crippen LogP contribution in [-0.2, 0) is 17.3 Å². The lowest BCUT2D eigenvalue weighted by atomic mass is 9.86. The predicted molar refractivity (Wildman–Crippen MR) is 144 cm³/mol. The molecule has 2 aromatic heterocycles. The smallest absolute Gasteiger partial charge is 0.272 e. The summed E-state index contributed by atoms with van der Waals surface area (Å²) in [6.07, 6.45) is 3.84. The topological polar surface area (TPSA) is 85.7 Å². The Hall–Kier alpha value is -4.33. The number of ether oxygens (including phenoxy) is 2. The van der Waals surface area contributed by atoms with E-state index in [2.05, 4.69) is 31.1 Å². The molecule has 8 nitrogen and oxygen atoms in total. The molecular formula is C29H30N4O4. The zero-order valence-corrected chi connectivity index (χ0v) is 21.7. The molecule has 3 heterocycles. The SMILES string of the molecule is COc1c(NC(=O)c2cc3cccc(Oc4ccncc4)c3n2C)cc(C(C)(C)C)cc1N1CCC1=O. The highest BCUT2D eigenvalue weighted by atomic mass is 16.5. The monoisotopic (exact) mass is 498 g/mol. The molecule has 1 saturated heterocycles. The molecule has 0 radical (unpaired) electrons. The van der Waals surface area contributed by atoms with Crippen molar-refractivity contribution in [3.63, 3.8) is 0 Å². The number of pyridine rings is 1. The molecule has 190 valence electrons. The number of aromatic nitrogens is 2. The number of hydrogen-bond acceptors (Lipinski definition) is 5. The summed E-state index contributed by atoms with van der Waals surface area (Å²) in [5, 5.41) is 3.92. The second-order valence-electron chi connectivity index (χ2n) is 10.1. The molecule has 1 fully saturated rings. The maximum atomic E-state index is 13.6. The minimum Gasteiger partial charge on any atom is -0.492 e. The van der Waals surface area contributed by atoms with Crippen LogP contribution in [0.2, 0.25) is 0 Å². The van der Waals surface area contributed by atoms with Crippen molar-refractivity contribution in [3.8, 4) is 17.2 Å². The lowest BCUT2D eigenvalue weighted by Crippen LogP contribution is -2.43. The molecule has 0 bridgehead atoms. The van der Waals surface area contributed by atoms with Crippen molar-refractivity contribution in [1.82, 2.24) is 9.55 Å². The van der Waals surface area contributed by atoms with Gasteiger partial charge in [-0.1, -0.05) is 32.9 Å². The van der Waals surface area contributed by atoms with Crippen molar-refractivity contribution in [3.05, 3.63) is 72.2 Å². The van der Waals surface area contributed by atoms with Gasteiger partial charge in [-0.3, -0.25) is 14.6 Å². The summed E-state index contributed by atoms with van der Waals surface area (Å²) in [7, 11) is 3.39. The third-order valence-corrected chi connectivity index (χ3v) is 6.66. The van der Waals surface area contributed by atoms with Crippen molar-refractivity contribution in [2.45, 2.75) is 32.6 Å². The van der Waals surface area contributed by atoms with Gasteiger partial charge in [-0.05, 0) is 47.4 Å². The first-order chi connectivity index (χ1) is 17.7. The molecule has 1 aliphatic heterocycles. The number of benzene rings is 2. The Labute approximate surface area is 215 Å². The highest BCUT2D eigenvalue weighted by molar-refractivity contribution is 6.09. The van der Waals surface area contributed by atoms with E-state index in [0.717, 1.165) is 16.5 Å². The number of rotatable bonds is 6. The zero-order valence-electron chi connectivity index (χ0n) is 21.7. The number of carbonyl (C=O) groups excluding carboxylic acids is 2. The standard InChI is InChI=1S/C29H30N4O4/c1-29(2,3)19-16-21(27(36-5)22(17-19)33-14-11-25(33)34)31-28(35)23-15-18-7-6-8-24(26(18)32(23)4)37-20-9-12-30-13-10-20/h6-10,12-13,15-17H,11,14H2,1-5H3,(H,31,35). The molecule has 37 heavy (non-hydrogen) atoms. The van der Waals surface area contributed by atoms with Crippen LogP contribution in [0.25, 0.3) is 10.9 Å².